The second-order valence-corrected chi connectivity index (χ2v) is 5.10. The highest BCUT2D eigenvalue weighted by Gasteiger charge is 2.12. The number of nitrogens with zero attached hydrogens (tertiary/aromatic N) is 3. The van der Waals surface area contributed by atoms with Crippen LogP contribution in [0.5, 0.6) is 0 Å². The van der Waals surface area contributed by atoms with Crippen LogP contribution in [0.3, 0.4) is 0 Å². The van der Waals surface area contributed by atoms with Crippen molar-refractivity contribution >= 4 is 28.5 Å². The van der Waals surface area contributed by atoms with Crippen LogP contribution in [0.1, 0.15) is 12.4 Å². The number of nitrogens with one attached hydrogen (secondary N) is 1. The van der Waals surface area contributed by atoms with E-state index in [2.05, 4.69) is 15.0 Å². The first-order chi connectivity index (χ1) is 9.63. The molecule has 0 amide bonds. The summed E-state index contributed by atoms with van der Waals surface area (Å²) >= 11 is 1.32. The van der Waals surface area contributed by atoms with Gasteiger partial charge in [0.2, 0.25) is 0 Å². The summed E-state index contributed by atoms with van der Waals surface area (Å²) in [5, 5.41) is 0.648. The van der Waals surface area contributed by atoms with Crippen molar-refractivity contribution in [2.45, 2.75) is 17.5 Å². The molecule has 0 unspecified atom stereocenters. The van der Waals surface area contributed by atoms with Gasteiger partial charge in [0.15, 0.2) is 5.16 Å². The molecule has 3 N–H and O–H groups in total. The molecule has 2 heterocycles. The number of nitrogens with two attached hydrogens (primary N) is 1. The van der Waals surface area contributed by atoms with Crippen molar-refractivity contribution in [2.24, 2.45) is 0 Å². The summed E-state index contributed by atoms with van der Waals surface area (Å²) in [5.41, 5.74) is 7.95. The van der Waals surface area contributed by atoms with Crippen LogP contribution in [0.15, 0.2) is 35.7 Å². The number of hydrogen-bond acceptors (Lipinski definition) is 4. The molecule has 0 saturated carbocycles. The number of fused-ring (bicyclic) bond motifs is 1. The average molecular weight is 295 g/mol. The van der Waals surface area contributed by atoms with Crippen LogP contribution in [0.2, 0.25) is 0 Å². The highest BCUT2D eigenvalue weighted by molar-refractivity contribution is 7.98. The van der Waals surface area contributed by atoms with E-state index < -0.39 is 6.55 Å². The Morgan fingerprint density at radius 1 is 1.40 bits per heavy atom. The number of benzene rings is 1. The van der Waals surface area contributed by atoms with Crippen LogP contribution in [-0.4, -0.2) is 19.5 Å². The molecule has 0 saturated heterocycles. The van der Waals surface area contributed by atoms with Crippen molar-refractivity contribution in [3.63, 3.8) is 0 Å². The van der Waals surface area contributed by atoms with E-state index in [0.29, 0.717) is 22.4 Å². The van der Waals surface area contributed by atoms with E-state index >= 15 is 0 Å². The van der Waals surface area contributed by atoms with Gasteiger partial charge in [-0.15, -0.1) is 0 Å². The third-order valence-corrected chi connectivity index (χ3v) is 3.65. The van der Waals surface area contributed by atoms with E-state index in [0.717, 1.165) is 15.6 Å². The fraction of sp³-hybridized carbons (Fsp3) is 0.167. The number of nitrogen functional groups attached to an aromatic ring is 1. The molecule has 20 heavy (non-hydrogen) atoms. The Morgan fingerprint density at radius 3 is 3.05 bits per heavy atom. The molecule has 0 radical (unpaired) electrons. The molecular weight excluding hydrogens is 284 g/mol. The molecule has 5 nitrogen and oxygen atoms in total. The number of thioether (sulfide) groups is 1. The third-order valence-electron chi connectivity index (χ3n) is 2.78. The molecule has 2 aromatic heterocycles. The SMILES string of the molecule is Nc1ccc2nc(SCc3nccn3C(F)F)[nH]c2c1. The maximum absolute atomic E-state index is 12.7. The molecule has 8 heteroatoms. The number of halogens is 2. The molecule has 0 bridgehead atoms. The zero-order valence-corrected chi connectivity index (χ0v) is 11.1. The number of aromatic amines is 1. The van der Waals surface area contributed by atoms with Gasteiger partial charge in [0.1, 0.15) is 5.82 Å². The smallest absolute Gasteiger partial charge is 0.319 e. The van der Waals surface area contributed by atoms with Crippen molar-refractivity contribution in [2.75, 3.05) is 5.73 Å². The van der Waals surface area contributed by atoms with Crippen molar-refractivity contribution < 1.29 is 8.78 Å². The molecule has 104 valence electrons. The lowest BCUT2D eigenvalue weighted by Gasteiger charge is -2.04. The maximum Gasteiger partial charge on any atom is 0.319 e. The Bertz CT molecular complexity index is 736. The Morgan fingerprint density at radius 2 is 2.25 bits per heavy atom. The summed E-state index contributed by atoms with van der Waals surface area (Å²) in [5.74, 6) is 0.622. The summed E-state index contributed by atoms with van der Waals surface area (Å²) in [6.45, 7) is -2.58. The fourth-order valence-corrected chi connectivity index (χ4v) is 2.67. The van der Waals surface area contributed by atoms with Gasteiger partial charge in [0.25, 0.3) is 0 Å². The van der Waals surface area contributed by atoms with Crippen LogP contribution in [0.25, 0.3) is 11.0 Å². The van der Waals surface area contributed by atoms with Crippen molar-refractivity contribution in [1.29, 1.82) is 0 Å². The molecule has 1 aromatic carbocycles. The molecule has 3 rings (SSSR count). The molecular formula is C12H11F2N5S. The van der Waals surface area contributed by atoms with E-state index in [1.807, 2.05) is 6.07 Å². The van der Waals surface area contributed by atoms with Crippen LogP contribution < -0.4 is 5.73 Å². The summed E-state index contributed by atoms with van der Waals surface area (Å²) < 4.78 is 26.2. The first-order valence-electron chi connectivity index (χ1n) is 5.81. The molecule has 0 aliphatic carbocycles. The third kappa shape index (κ3) is 2.46. The number of anilines is 1. The van der Waals surface area contributed by atoms with Gasteiger partial charge in [0.05, 0.1) is 16.8 Å². The van der Waals surface area contributed by atoms with Gasteiger partial charge in [-0.1, -0.05) is 11.8 Å². The largest absolute Gasteiger partial charge is 0.399 e. The first kappa shape index (κ1) is 12.9. The first-order valence-corrected chi connectivity index (χ1v) is 6.80. The van der Waals surface area contributed by atoms with E-state index in [-0.39, 0.29) is 0 Å². The monoisotopic (exact) mass is 295 g/mol. The summed E-state index contributed by atoms with van der Waals surface area (Å²) in [6, 6.07) is 5.36. The zero-order chi connectivity index (χ0) is 14.1. The Labute approximate surface area is 117 Å². The number of rotatable bonds is 4. The summed E-state index contributed by atoms with van der Waals surface area (Å²) in [4.78, 5) is 11.4. The quantitative estimate of drug-likeness (QED) is 0.573. The van der Waals surface area contributed by atoms with Crippen LogP contribution >= 0.6 is 11.8 Å². The molecule has 0 spiro atoms. The maximum atomic E-state index is 12.7. The summed E-state index contributed by atoms with van der Waals surface area (Å²) in [7, 11) is 0. The lowest BCUT2D eigenvalue weighted by atomic mass is 10.3. The fourth-order valence-electron chi connectivity index (χ4n) is 1.84. The molecule has 0 aliphatic rings. The summed E-state index contributed by atoms with van der Waals surface area (Å²) in [6.07, 6.45) is 2.63. The van der Waals surface area contributed by atoms with E-state index in [1.165, 1.54) is 24.2 Å². The van der Waals surface area contributed by atoms with Gasteiger partial charge in [-0.05, 0) is 18.2 Å². The topological polar surface area (TPSA) is 72.5 Å². The minimum atomic E-state index is -2.58. The van der Waals surface area contributed by atoms with Crippen molar-refractivity contribution in [1.82, 2.24) is 19.5 Å². The van der Waals surface area contributed by atoms with Gasteiger partial charge in [0, 0.05) is 18.1 Å². The number of imidazole rings is 2. The minimum absolute atomic E-state index is 0.310. The standard InChI is InChI=1S/C12H11F2N5S/c13-11(14)19-4-3-16-10(19)6-20-12-17-8-2-1-7(15)5-9(8)18-12/h1-5,11H,6,15H2,(H,17,18). The molecule has 0 fully saturated rings. The number of alkyl halides is 2. The predicted octanol–water partition coefficient (Wildman–Crippen LogP) is 3.03. The lowest BCUT2D eigenvalue weighted by Crippen LogP contribution is -2.02. The van der Waals surface area contributed by atoms with Gasteiger partial charge in [-0.3, -0.25) is 4.57 Å². The molecule has 3 aromatic rings. The van der Waals surface area contributed by atoms with E-state index in [1.54, 1.807) is 12.1 Å². The zero-order valence-electron chi connectivity index (χ0n) is 10.3. The minimum Gasteiger partial charge on any atom is -0.399 e. The lowest BCUT2D eigenvalue weighted by molar-refractivity contribution is 0.0678. The van der Waals surface area contributed by atoms with Crippen LogP contribution in [-0.2, 0) is 5.75 Å². The van der Waals surface area contributed by atoms with Gasteiger partial charge in [-0.2, -0.15) is 8.78 Å². The van der Waals surface area contributed by atoms with E-state index in [9.17, 15) is 8.78 Å². The molecule has 0 aliphatic heterocycles. The highest BCUT2D eigenvalue weighted by Crippen LogP contribution is 2.25. The molecule has 0 atom stereocenters. The van der Waals surface area contributed by atoms with Crippen LogP contribution in [0.4, 0.5) is 14.5 Å². The average Bonchev–Trinajstić information content (AvgIpc) is 3.01. The van der Waals surface area contributed by atoms with Crippen LogP contribution in [0, 0.1) is 0 Å². The number of H-pyrrole nitrogens is 1. The Balaban J connectivity index is 1.78. The number of hydrogen-bond donors (Lipinski definition) is 2. The van der Waals surface area contributed by atoms with Crippen molar-refractivity contribution in [3.8, 4) is 0 Å². The van der Waals surface area contributed by atoms with Gasteiger partial charge >= 0.3 is 6.55 Å². The second kappa shape index (κ2) is 5.12. The number of aromatic nitrogens is 4. The Kier molecular flexibility index (Phi) is 3.31. The van der Waals surface area contributed by atoms with E-state index in [4.69, 9.17) is 5.73 Å². The highest BCUT2D eigenvalue weighted by atomic mass is 32.2. The van der Waals surface area contributed by atoms with Crippen molar-refractivity contribution in [3.05, 3.63) is 36.4 Å². The normalized spacial score (nSPS) is 11.6. The van der Waals surface area contributed by atoms with Gasteiger partial charge < -0.3 is 10.7 Å². The van der Waals surface area contributed by atoms with Gasteiger partial charge in [-0.25, -0.2) is 9.97 Å². The predicted molar refractivity (Wildman–Crippen MR) is 73.5 cm³/mol. The second-order valence-electron chi connectivity index (χ2n) is 4.14. The Hall–Kier alpha value is -2.09.